The van der Waals surface area contributed by atoms with E-state index >= 15 is 0 Å². The molecule has 8 unspecified atom stereocenters. The predicted octanol–water partition coefficient (Wildman–Crippen LogP) is 2.99. The Morgan fingerprint density at radius 3 is 2.61 bits per heavy atom. The van der Waals surface area contributed by atoms with E-state index in [1.165, 1.54) is 5.56 Å². The first-order valence-corrected chi connectivity index (χ1v) is 9.40. The van der Waals surface area contributed by atoms with Gasteiger partial charge < -0.3 is 9.47 Å². The molecule has 0 aromatic heterocycles. The van der Waals surface area contributed by atoms with Crippen molar-refractivity contribution in [3.8, 4) is 11.5 Å². The molecule has 120 valence electrons. The van der Waals surface area contributed by atoms with Gasteiger partial charge in [0.25, 0.3) is 0 Å². The molecule has 23 heavy (non-hydrogen) atoms. The standard InChI is InChI=1S/C20H23NO2/c1-21(7-9-2-3-14-15(4-9)23-8-22-14)20-17-11-6-12-16-10(11)5-13(17)18(16)19(12)20/h2-4,10-13,16-20H,5-8H2,1H3/t10?,11?,12?,13?,16?,17?,18?,19?,20-/m0/s1. The van der Waals surface area contributed by atoms with Gasteiger partial charge in [-0.05, 0) is 84.9 Å². The van der Waals surface area contributed by atoms with Crippen LogP contribution in [0.3, 0.4) is 0 Å². The average Bonchev–Trinajstić information content (AvgIpc) is 3.20. The smallest absolute Gasteiger partial charge is 0.231 e. The molecular formula is C20H23NO2. The van der Waals surface area contributed by atoms with Crippen LogP contribution in [0.2, 0.25) is 0 Å². The molecule has 7 rings (SSSR count). The zero-order valence-electron chi connectivity index (χ0n) is 13.5. The Kier molecular flexibility index (Phi) is 1.97. The van der Waals surface area contributed by atoms with Gasteiger partial charge in [0.05, 0.1) is 0 Å². The third-order valence-electron chi connectivity index (χ3n) is 8.66. The fourth-order valence-corrected chi connectivity index (χ4v) is 8.44. The Bertz CT molecular complexity index is 712. The van der Waals surface area contributed by atoms with Crippen molar-refractivity contribution >= 4 is 0 Å². The van der Waals surface area contributed by atoms with E-state index in [4.69, 9.17) is 9.47 Å². The molecule has 6 aliphatic rings. The maximum absolute atomic E-state index is 5.55. The van der Waals surface area contributed by atoms with E-state index in [0.29, 0.717) is 6.79 Å². The van der Waals surface area contributed by atoms with E-state index in [1.54, 1.807) is 12.8 Å². The maximum atomic E-state index is 5.55. The van der Waals surface area contributed by atoms with Crippen molar-refractivity contribution in [1.29, 1.82) is 0 Å². The molecule has 0 amide bonds. The largest absolute Gasteiger partial charge is 0.454 e. The number of benzene rings is 1. The van der Waals surface area contributed by atoms with Gasteiger partial charge in [-0.2, -0.15) is 0 Å². The molecule has 0 saturated heterocycles. The summed E-state index contributed by atoms with van der Waals surface area (Å²) in [5, 5.41) is 0. The van der Waals surface area contributed by atoms with E-state index < -0.39 is 0 Å². The van der Waals surface area contributed by atoms with E-state index in [0.717, 1.165) is 71.4 Å². The lowest BCUT2D eigenvalue weighted by Crippen LogP contribution is -2.51. The Balaban J connectivity index is 1.19. The molecule has 0 N–H and O–H groups in total. The van der Waals surface area contributed by atoms with Gasteiger partial charge in [0.1, 0.15) is 0 Å². The summed E-state index contributed by atoms with van der Waals surface area (Å²) in [6, 6.07) is 7.34. The number of nitrogens with zero attached hydrogens (tertiary/aromatic N) is 1. The van der Waals surface area contributed by atoms with Gasteiger partial charge >= 0.3 is 0 Å². The normalized spacial score (nSPS) is 52.0. The van der Waals surface area contributed by atoms with Crippen LogP contribution < -0.4 is 9.47 Å². The van der Waals surface area contributed by atoms with Gasteiger partial charge in [0.15, 0.2) is 11.5 Å². The molecule has 2 bridgehead atoms. The highest BCUT2D eigenvalue weighted by Crippen LogP contribution is 2.83. The second-order valence-electron chi connectivity index (χ2n) is 9.03. The van der Waals surface area contributed by atoms with Crippen LogP contribution in [-0.4, -0.2) is 24.8 Å². The SMILES string of the molecule is CN(Cc1ccc2c(c1)OCO2)[C@H]1C2C3CC4C5C3CC2C5C41. The Morgan fingerprint density at radius 2 is 1.70 bits per heavy atom. The third kappa shape index (κ3) is 1.21. The van der Waals surface area contributed by atoms with Crippen molar-refractivity contribution < 1.29 is 9.47 Å². The summed E-state index contributed by atoms with van der Waals surface area (Å²) in [6.45, 7) is 1.43. The van der Waals surface area contributed by atoms with Crippen LogP contribution in [-0.2, 0) is 6.54 Å². The fourth-order valence-electron chi connectivity index (χ4n) is 8.44. The molecule has 5 fully saturated rings. The quantitative estimate of drug-likeness (QED) is 0.857. The average molecular weight is 309 g/mol. The molecular weight excluding hydrogens is 286 g/mol. The van der Waals surface area contributed by atoms with E-state index in [-0.39, 0.29) is 0 Å². The predicted molar refractivity (Wildman–Crippen MR) is 85.0 cm³/mol. The maximum Gasteiger partial charge on any atom is 0.231 e. The van der Waals surface area contributed by atoms with Crippen LogP contribution in [0.4, 0.5) is 0 Å². The van der Waals surface area contributed by atoms with Crippen LogP contribution >= 0.6 is 0 Å². The molecule has 0 radical (unpaired) electrons. The highest BCUT2D eigenvalue weighted by molar-refractivity contribution is 5.44. The molecule has 5 saturated carbocycles. The summed E-state index contributed by atoms with van der Waals surface area (Å²) in [6.07, 6.45) is 3.18. The molecule has 3 nitrogen and oxygen atoms in total. The van der Waals surface area contributed by atoms with Crippen LogP contribution in [0.1, 0.15) is 18.4 Å². The molecule has 1 aliphatic heterocycles. The lowest BCUT2D eigenvalue weighted by Gasteiger charge is -2.50. The zero-order chi connectivity index (χ0) is 14.9. The van der Waals surface area contributed by atoms with Gasteiger partial charge in [-0.3, -0.25) is 4.90 Å². The van der Waals surface area contributed by atoms with Gasteiger partial charge in [0, 0.05) is 12.6 Å². The minimum atomic E-state index is 0.372. The number of fused-ring (bicyclic) bond motifs is 3. The van der Waals surface area contributed by atoms with Crippen LogP contribution in [0.5, 0.6) is 11.5 Å². The molecule has 0 spiro atoms. The van der Waals surface area contributed by atoms with Crippen molar-refractivity contribution in [2.24, 2.45) is 47.3 Å². The summed E-state index contributed by atoms with van der Waals surface area (Å²) in [5.41, 5.74) is 1.37. The summed E-state index contributed by atoms with van der Waals surface area (Å²) in [4.78, 5) is 2.70. The fraction of sp³-hybridized carbons (Fsp3) is 0.700. The number of hydrogen-bond acceptors (Lipinski definition) is 3. The van der Waals surface area contributed by atoms with Crippen LogP contribution in [0.25, 0.3) is 0 Å². The van der Waals surface area contributed by atoms with Gasteiger partial charge in [0.2, 0.25) is 6.79 Å². The molecule has 5 aliphatic carbocycles. The lowest BCUT2D eigenvalue weighted by atomic mass is 9.58. The first-order chi connectivity index (χ1) is 11.3. The monoisotopic (exact) mass is 309 g/mol. The third-order valence-corrected chi connectivity index (χ3v) is 8.66. The van der Waals surface area contributed by atoms with Crippen molar-refractivity contribution in [3.63, 3.8) is 0 Å². The minimum Gasteiger partial charge on any atom is -0.454 e. The Morgan fingerprint density at radius 1 is 0.913 bits per heavy atom. The molecule has 3 heteroatoms. The molecule has 1 aromatic carbocycles. The van der Waals surface area contributed by atoms with Gasteiger partial charge in [-0.1, -0.05) is 6.07 Å². The van der Waals surface area contributed by atoms with Gasteiger partial charge in [-0.15, -0.1) is 0 Å². The minimum absolute atomic E-state index is 0.372. The topological polar surface area (TPSA) is 21.7 Å². The second-order valence-corrected chi connectivity index (χ2v) is 9.03. The van der Waals surface area contributed by atoms with Crippen molar-refractivity contribution in [1.82, 2.24) is 4.90 Å². The van der Waals surface area contributed by atoms with E-state index in [1.807, 2.05) is 0 Å². The number of hydrogen-bond donors (Lipinski definition) is 0. The zero-order valence-corrected chi connectivity index (χ0v) is 13.5. The first-order valence-electron chi connectivity index (χ1n) is 9.40. The highest BCUT2D eigenvalue weighted by Gasteiger charge is 2.80. The van der Waals surface area contributed by atoms with E-state index in [2.05, 4.69) is 30.1 Å². The van der Waals surface area contributed by atoms with Crippen molar-refractivity contribution in [2.75, 3.05) is 13.8 Å². The first kappa shape index (κ1) is 12.2. The summed E-state index contributed by atoms with van der Waals surface area (Å²) in [5.74, 6) is 10.6. The highest BCUT2D eigenvalue weighted by atomic mass is 16.7. The molecule has 1 aromatic rings. The number of rotatable bonds is 3. The lowest BCUT2D eigenvalue weighted by molar-refractivity contribution is -0.0220. The van der Waals surface area contributed by atoms with Crippen LogP contribution in [0.15, 0.2) is 18.2 Å². The van der Waals surface area contributed by atoms with E-state index in [9.17, 15) is 0 Å². The Hall–Kier alpha value is -1.22. The van der Waals surface area contributed by atoms with Gasteiger partial charge in [-0.25, -0.2) is 0 Å². The summed E-state index contributed by atoms with van der Waals surface area (Å²) < 4.78 is 11.0. The Labute approximate surface area is 136 Å². The van der Waals surface area contributed by atoms with Crippen molar-refractivity contribution in [3.05, 3.63) is 23.8 Å². The second kappa shape index (κ2) is 3.72. The molecule has 1 heterocycles. The summed E-state index contributed by atoms with van der Waals surface area (Å²) in [7, 11) is 2.38. The molecule has 9 atom stereocenters. The summed E-state index contributed by atoms with van der Waals surface area (Å²) >= 11 is 0. The van der Waals surface area contributed by atoms with Crippen LogP contribution in [0, 0.1) is 47.3 Å². The van der Waals surface area contributed by atoms with Crippen molar-refractivity contribution in [2.45, 2.75) is 25.4 Å². The number of ether oxygens (including phenoxy) is 2.